The third-order valence-corrected chi connectivity index (χ3v) is 4.83. The first kappa shape index (κ1) is 12.1. The lowest BCUT2D eigenvalue weighted by Gasteiger charge is -2.59. The molecule has 2 aliphatic rings. The fourth-order valence-electron chi connectivity index (χ4n) is 3.85. The van der Waals surface area contributed by atoms with Crippen LogP contribution in [-0.4, -0.2) is 39.5 Å². The minimum absolute atomic E-state index is 0.623. The Hall–Kier alpha value is -1.68. The maximum Gasteiger partial charge on any atom is 0.0734 e. The molecule has 1 aromatic heterocycles. The largest absolute Gasteiger partial charge is 0.300 e. The highest BCUT2D eigenvalue weighted by Gasteiger charge is 2.51. The van der Waals surface area contributed by atoms with Gasteiger partial charge in [0.15, 0.2) is 0 Å². The Bertz CT molecular complexity index is 549. The Morgan fingerprint density at radius 1 is 1.00 bits per heavy atom. The summed E-state index contributed by atoms with van der Waals surface area (Å²) >= 11 is 0. The monoisotopic (exact) mass is 268 g/mol. The Kier molecular flexibility index (Phi) is 2.84. The molecule has 4 heteroatoms. The predicted octanol–water partition coefficient (Wildman–Crippen LogP) is 2.16. The molecule has 4 nitrogen and oxygen atoms in total. The van der Waals surface area contributed by atoms with Crippen LogP contribution in [0.2, 0.25) is 0 Å². The molecule has 0 radical (unpaired) electrons. The molecule has 20 heavy (non-hydrogen) atoms. The number of hydrogen-bond acceptors (Lipinski definition) is 3. The first-order valence-corrected chi connectivity index (χ1v) is 7.44. The Morgan fingerprint density at radius 3 is 2.40 bits per heavy atom. The van der Waals surface area contributed by atoms with Gasteiger partial charge in [0, 0.05) is 19.6 Å². The van der Waals surface area contributed by atoms with E-state index in [1.807, 2.05) is 0 Å². The van der Waals surface area contributed by atoms with Crippen LogP contribution in [0.25, 0.3) is 0 Å². The van der Waals surface area contributed by atoms with Crippen LogP contribution in [0.15, 0.2) is 42.7 Å². The van der Waals surface area contributed by atoms with E-state index in [2.05, 4.69) is 45.4 Å². The van der Waals surface area contributed by atoms with Gasteiger partial charge in [-0.05, 0) is 29.7 Å². The molecule has 0 unspecified atom stereocenters. The normalized spacial score (nSPS) is 21.6. The number of likely N-dealkylation sites (tertiary alicyclic amines) is 1. The molecule has 104 valence electrons. The molecule has 1 spiro atoms. The summed E-state index contributed by atoms with van der Waals surface area (Å²) in [6.45, 7) is 4.51. The lowest BCUT2D eigenvalue weighted by Crippen LogP contribution is -2.62. The van der Waals surface area contributed by atoms with Crippen molar-refractivity contribution in [3.05, 3.63) is 48.3 Å². The van der Waals surface area contributed by atoms with Crippen LogP contribution >= 0.6 is 0 Å². The quantitative estimate of drug-likeness (QED) is 0.852. The van der Waals surface area contributed by atoms with Gasteiger partial charge in [-0.1, -0.05) is 30.3 Å². The SMILES string of the molecule is c1ccc(C2CC3(C2)CN(CCn2nccn2)C3)cc1. The molecule has 1 aliphatic heterocycles. The van der Waals surface area contributed by atoms with E-state index in [-0.39, 0.29) is 0 Å². The van der Waals surface area contributed by atoms with E-state index >= 15 is 0 Å². The van der Waals surface area contributed by atoms with E-state index in [1.165, 1.54) is 31.5 Å². The summed E-state index contributed by atoms with van der Waals surface area (Å²) in [6, 6.07) is 11.0. The average Bonchev–Trinajstić information content (AvgIpc) is 2.89. The van der Waals surface area contributed by atoms with Crippen molar-refractivity contribution in [2.45, 2.75) is 25.3 Å². The minimum atomic E-state index is 0.623. The summed E-state index contributed by atoms with van der Waals surface area (Å²) in [5.74, 6) is 0.797. The van der Waals surface area contributed by atoms with Gasteiger partial charge in [-0.25, -0.2) is 0 Å². The Balaban J connectivity index is 1.24. The molecule has 0 amide bonds. The molecular formula is C16H20N4. The van der Waals surface area contributed by atoms with Gasteiger partial charge in [-0.2, -0.15) is 15.0 Å². The van der Waals surface area contributed by atoms with Crippen LogP contribution in [0.5, 0.6) is 0 Å². The smallest absolute Gasteiger partial charge is 0.0734 e. The summed E-state index contributed by atoms with van der Waals surface area (Å²) in [5, 5.41) is 8.30. The van der Waals surface area contributed by atoms with E-state index in [9.17, 15) is 0 Å². The maximum absolute atomic E-state index is 4.15. The zero-order chi connectivity index (χ0) is 13.4. The number of rotatable bonds is 4. The van der Waals surface area contributed by atoms with Crippen LogP contribution in [-0.2, 0) is 6.54 Å². The van der Waals surface area contributed by atoms with E-state index in [1.54, 1.807) is 17.2 Å². The van der Waals surface area contributed by atoms with Gasteiger partial charge in [0.2, 0.25) is 0 Å². The van der Waals surface area contributed by atoms with Crippen molar-refractivity contribution in [2.75, 3.05) is 19.6 Å². The van der Waals surface area contributed by atoms with E-state index in [0.29, 0.717) is 5.41 Å². The zero-order valence-corrected chi connectivity index (χ0v) is 11.7. The average molecular weight is 268 g/mol. The standard InChI is InChI=1S/C16H20N4/c1-2-4-14(5-3-1)15-10-16(11-15)12-19(13-16)8-9-20-17-6-7-18-20/h1-7,15H,8-13H2. The van der Waals surface area contributed by atoms with E-state index in [4.69, 9.17) is 0 Å². The first-order chi connectivity index (χ1) is 9.83. The van der Waals surface area contributed by atoms with Gasteiger partial charge in [0.1, 0.15) is 0 Å². The molecule has 1 aliphatic carbocycles. The second kappa shape index (κ2) is 4.70. The van der Waals surface area contributed by atoms with Crippen LogP contribution in [0.1, 0.15) is 24.3 Å². The number of aromatic nitrogens is 3. The van der Waals surface area contributed by atoms with Crippen molar-refractivity contribution >= 4 is 0 Å². The van der Waals surface area contributed by atoms with Gasteiger partial charge in [0.25, 0.3) is 0 Å². The molecular weight excluding hydrogens is 248 g/mol. The molecule has 2 fully saturated rings. The highest BCUT2D eigenvalue weighted by Crippen LogP contribution is 2.55. The number of benzene rings is 1. The van der Waals surface area contributed by atoms with Crippen LogP contribution in [0, 0.1) is 5.41 Å². The molecule has 1 saturated heterocycles. The van der Waals surface area contributed by atoms with Crippen LogP contribution in [0.3, 0.4) is 0 Å². The van der Waals surface area contributed by atoms with Gasteiger partial charge in [0.05, 0.1) is 18.9 Å². The topological polar surface area (TPSA) is 34.0 Å². The highest BCUT2D eigenvalue weighted by atomic mass is 15.5. The van der Waals surface area contributed by atoms with Gasteiger partial charge >= 0.3 is 0 Å². The second-order valence-corrected chi connectivity index (χ2v) is 6.35. The predicted molar refractivity (Wildman–Crippen MR) is 77.3 cm³/mol. The summed E-state index contributed by atoms with van der Waals surface area (Å²) in [7, 11) is 0. The van der Waals surface area contributed by atoms with Gasteiger partial charge in [-0.3, -0.25) is 0 Å². The van der Waals surface area contributed by atoms with Crippen molar-refractivity contribution < 1.29 is 0 Å². The molecule has 1 saturated carbocycles. The summed E-state index contributed by atoms with van der Waals surface area (Å²) in [6.07, 6.45) is 6.23. The van der Waals surface area contributed by atoms with Crippen LogP contribution < -0.4 is 0 Å². The van der Waals surface area contributed by atoms with Crippen LogP contribution in [0.4, 0.5) is 0 Å². The number of hydrogen-bond donors (Lipinski definition) is 0. The third kappa shape index (κ3) is 2.14. The summed E-state index contributed by atoms with van der Waals surface area (Å²) in [4.78, 5) is 4.31. The fourth-order valence-corrected chi connectivity index (χ4v) is 3.85. The Morgan fingerprint density at radius 2 is 1.70 bits per heavy atom. The summed E-state index contributed by atoms with van der Waals surface area (Å²) < 4.78 is 0. The lowest BCUT2D eigenvalue weighted by molar-refractivity contribution is -0.0746. The number of nitrogens with zero attached hydrogens (tertiary/aromatic N) is 4. The fraction of sp³-hybridized carbons (Fsp3) is 0.500. The van der Waals surface area contributed by atoms with Crippen molar-refractivity contribution in [3.63, 3.8) is 0 Å². The van der Waals surface area contributed by atoms with Gasteiger partial charge < -0.3 is 4.90 Å². The van der Waals surface area contributed by atoms with Crippen molar-refractivity contribution in [3.8, 4) is 0 Å². The lowest BCUT2D eigenvalue weighted by atomic mass is 9.56. The van der Waals surface area contributed by atoms with E-state index < -0.39 is 0 Å². The van der Waals surface area contributed by atoms with Crippen molar-refractivity contribution in [1.29, 1.82) is 0 Å². The van der Waals surface area contributed by atoms with E-state index in [0.717, 1.165) is 19.0 Å². The second-order valence-electron chi connectivity index (χ2n) is 6.35. The highest BCUT2D eigenvalue weighted by molar-refractivity contribution is 5.25. The minimum Gasteiger partial charge on any atom is -0.300 e. The molecule has 4 rings (SSSR count). The third-order valence-electron chi connectivity index (χ3n) is 4.83. The molecule has 0 atom stereocenters. The van der Waals surface area contributed by atoms with Crippen molar-refractivity contribution in [1.82, 2.24) is 19.9 Å². The van der Waals surface area contributed by atoms with Gasteiger partial charge in [-0.15, -0.1) is 0 Å². The van der Waals surface area contributed by atoms with Crippen molar-refractivity contribution in [2.24, 2.45) is 5.41 Å². The molecule has 2 heterocycles. The maximum atomic E-state index is 4.15. The molecule has 0 N–H and O–H groups in total. The molecule has 1 aromatic carbocycles. The first-order valence-electron chi connectivity index (χ1n) is 7.44. The zero-order valence-electron chi connectivity index (χ0n) is 11.7. The summed E-state index contributed by atoms with van der Waals surface area (Å²) in [5.41, 5.74) is 2.15. The molecule has 0 bridgehead atoms. The molecule has 2 aromatic rings. The Labute approximate surface area is 119 Å².